The van der Waals surface area contributed by atoms with E-state index in [1.165, 1.54) is 0 Å². The Hall–Kier alpha value is -2.61. The molecule has 0 spiro atoms. The summed E-state index contributed by atoms with van der Waals surface area (Å²) in [5.74, 6) is -2.51. The molecule has 0 unspecified atom stereocenters. The molecule has 1 aromatic carbocycles. The quantitative estimate of drug-likeness (QED) is 0.770. The van der Waals surface area contributed by atoms with Crippen LogP contribution in [0.4, 0.5) is 0 Å². The molecule has 88 valence electrons. The summed E-state index contributed by atoms with van der Waals surface area (Å²) in [5.41, 5.74) is 1.08. The minimum atomic E-state index is -1.26. The largest absolute Gasteiger partial charge is 0.478 e. The molecular weight excluding hydrogens is 222 g/mol. The van der Waals surface area contributed by atoms with Gasteiger partial charge < -0.3 is 10.2 Å². The molecule has 0 aliphatic rings. The van der Waals surface area contributed by atoms with Crippen molar-refractivity contribution in [3.05, 3.63) is 48.0 Å². The number of nitrogens with zero attached hydrogens (tertiary/aromatic N) is 1. The summed E-state index contributed by atoms with van der Waals surface area (Å²) in [6.07, 6.45) is 1.63. The van der Waals surface area contributed by atoms with E-state index in [1.807, 2.05) is 30.3 Å². The third-order valence-electron chi connectivity index (χ3n) is 1.49. The second-order valence-electron chi connectivity index (χ2n) is 2.83. The van der Waals surface area contributed by atoms with Crippen molar-refractivity contribution in [1.29, 1.82) is 5.26 Å². The number of carboxylic acids is 2. The predicted octanol–water partition coefficient (Wildman–Crippen LogP) is 1.46. The Morgan fingerprint density at radius 1 is 1.12 bits per heavy atom. The molecule has 0 fully saturated rings. The second-order valence-corrected chi connectivity index (χ2v) is 2.83. The maximum Gasteiger partial charge on any atom is 0.328 e. The van der Waals surface area contributed by atoms with E-state index >= 15 is 0 Å². The van der Waals surface area contributed by atoms with Gasteiger partial charge in [0.2, 0.25) is 0 Å². The van der Waals surface area contributed by atoms with Gasteiger partial charge in [-0.1, -0.05) is 30.3 Å². The Morgan fingerprint density at radius 2 is 1.59 bits per heavy atom. The van der Waals surface area contributed by atoms with E-state index in [1.54, 1.807) is 0 Å². The first-order chi connectivity index (χ1) is 8.06. The van der Waals surface area contributed by atoms with Crippen LogP contribution in [0.2, 0.25) is 0 Å². The minimum Gasteiger partial charge on any atom is -0.478 e. The van der Waals surface area contributed by atoms with Crippen molar-refractivity contribution in [2.75, 3.05) is 0 Å². The number of carboxylic acid groups (broad SMARTS) is 2. The zero-order chi connectivity index (χ0) is 13.1. The SMILES string of the molecule is N#CCc1ccccc1.O=C(O)/C=C\C(=O)O. The van der Waals surface area contributed by atoms with Crippen molar-refractivity contribution in [1.82, 2.24) is 0 Å². The van der Waals surface area contributed by atoms with Gasteiger partial charge in [-0.15, -0.1) is 0 Å². The van der Waals surface area contributed by atoms with E-state index in [0.717, 1.165) is 5.56 Å². The molecule has 5 nitrogen and oxygen atoms in total. The smallest absolute Gasteiger partial charge is 0.328 e. The normalized spacial score (nSPS) is 8.88. The Labute approximate surface area is 98.2 Å². The predicted molar refractivity (Wildman–Crippen MR) is 60.2 cm³/mol. The van der Waals surface area contributed by atoms with Crippen LogP contribution in [-0.4, -0.2) is 22.2 Å². The molecule has 2 N–H and O–H groups in total. The molecule has 17 heavy (non-hydrogen) atoms. The fraction of sp³-hybridized carbons (Fsp3) is 0.0833. The average Bonchev–Trinajstić information content (AvgIpc) is 2.29. The first-order valence-corrected chi connectivity index (χ1v) is 4.61. The topological polar surface area (TPSA) is 98.4 Å². The van der Waals surface area contributed by atoms with Crippen molar-refractivity contribution in [3.8, 4) is 6.07 Å². The summed E-state index contributed by atoms with van der Waals surface area (Å²) in [6, 6.07) is 11.8. The first-order valence-electron chi connectivity index (χ1n) is 4.61. The van der Waals surface area contributed by atoms with E-state index in [4.69, 9.17) is 15.5 Å². The van der Waals surface area contributed by atoms with Crippen LogP contribution in [0.3, 0.4) is 0 Å². The van der Waals surface area contributed by atoms with Gasteiger partial charge in [0.05, 0.1) is 12.5 Å². The molecule has 0 amide bonds. The molecule has 0 saturated carbocycles. The lowest BCUT2D eigenvalue weighted by Crippen LogP contribution is -1.91. The Kier molecular flexibility index (Phi) is 7.35. The van der Waals surface area contributed by atoms with Gasteiger partial charge in [-0.05, 0) is 5.56 Å². The summed E-state index contributed by atoms with van der Waals surface area (Å²) in [6.45, 7) is 0. The van der Waals surface area contributed by atoms with Crippen LogP contribution in [0.25, 0.3) is 0 Å². The van der Waals surface area contributed by atoms with E-state index < -0.39 is 11.9 Å². The summed E-state index contributed by atoms with van der Waals surface area (Å²) < 4.78 is 0. The van der Waals surface area contributed by atoms with Crippen LogP contribution in [-0.2, 0) is 16.0 Å². The third kappa shape index (κ3) is 9.69. The molecule has 0 aliphatic heterocycles. The van der Waals surface area contributed by atoms with Crippen LogP contribution in [0.15, 0.2) is 42.5 Å². The van der Waals surface area contributed by atoms with Gasteiger partial charge in [0, 0.05) is 12.2 Å². The third-order valence-corrected chi connectivity index (χ3v) is 1.49. The molecule has 0 aliphatic carbocycles. The summed E-state index contributed by atoms with van der Waals surface area (Å²) in [4.78, 5) is 19.1. The van der Waals surface area contributed by atoms with Gasteiger partial charge in [-0.2, -0.15) is 5.26 Å². The molecule has 0 saturated heterocycles. The maximum atomic E-state index is 9.55. The fourth-order valence-corrected chi connectivity index (χ4v) is 0.830. The molecule has 0 aromatic heterocycles. The molecule has 1 rings (SSSR count). The molecule has 0 radical (unpaired) electrons. The monoisotopic (exact) mass is 233 g/mol. The molecule has 0 atom stereocenters. The highest BCUT2D eigenvalue weighted by atomic mass is 16.4. The molecule has 5 heteroatoms. The maximum absolute atomic E-state index is 9.55. The van der Waals surface area contributed by atoms with Crippen LogP contribution < -0.4 is 0 Å². The highest BCUT2D eigenvalue weighted by molar-refractivity contribution is 5.89. The van der Waals surface area contributed by atoms with Crippen LogP contribution in [0, 0.1) is 11.3 Å². The van der Waals surface area contributed by atoms with Gasteiger partial charge in [0.1, 0.15) is 0 Å². The second kappa shape index (κ2) is 8.68. The standard InChI is InChI=1S/C8H7N.C4H4O4/c9-7-6-8-4-2-1-3-5-8;5-3(6)1-2-4(7)8/h1-5H,6H2;1-2H,(H,5,6)(H,7,8)/b;2-1-. The van der Waals surface area contributed by atoms with E-state index in [9.17, 15) is 9.59 Å². The number of hydrogen-bond donors (Lipinski definition) is 2. The van der Waals surface area contributed by atoms with E-state index in [-0.39, 0.29) is 0 Å². The number of carbonyl (C=O) groups is 2. The number of benzene rings is 1. The van der Waals surface area contributed by atoms with Gasteiger partial charge in [-0.25, -0.2) is 9.59 Å². The van der Waals surface area contributed by atoms with Crippen LogP contribution in [0.1, 0.15) is 5.56 Å². The summed E-state index contributed by atoms with van der Waals surface area (Å²) in [7, 11) is 0. The first kappa shape index (κ1) is 14.4. The lowest BCUT2D eigenvalue weighted by atomic mass is 10.2. The molecule has 0 bridgehead atoms. The average molecular weight is 233 g/mol. The van der Waals surface area contributed by atoms with E-state index in [0.29, 0.717) is 18.6 Å². The number of nitriles is 1. The molecular formula is C12H11NO4. The van der Waals surface area contributed by atoms with Crippen LogP contribution in [0.5, 0.6) is 0 Å². The van der Waals surface area contributed by atoms with Gasteiger partial charge in [0.25, 0.3) is 0 Å². The minimum absolute atomic E-state index is 0.515. The van der Waals surface area contributed by atoms with Crippen molar-refractivity contribution in [3.63, 3.8) is 0 Å². The lowest BCUT2D eigenvalue weighted by Gasteiger charge is -1.88. The van der Waals surface area contributed by atoms with Gasteiger partial charge in [-0.3, -0.25) is 0 Å². The van der Waals surface area contributed by atoms with Crippen molar-refractivity contribution < 1.29 is 19.8 Å². The highest BCUT2D eigenvalue weighted by Gasteiger charge is 1.88. The number of rotatable bonds is 3. The Bertz CT molecular complexity index is 416. The van der Waals surface area contributed by atoms with Crippen molar-refractivity contribution in [2.24, 2.45) is 0 Å². The fourth-order valence-electron chi connectivity index (χ4n) is 0.830. The summed E-state index contributed by atoms with van der Waals surface area (Å²) >= 11 is 0. The van der Waals surface area contributed by atoms with Crippen molar-refractivity contribution >= 4 is 11.9 Å². The zero-order valence-electron chi connectivity index (χ0n) is 8.91. The Morgan fingerprint density at radius 3 is 1.94 bits per heavy atom. The van der Waals surface area contributed by atoms with Crippen molar-refractivity contribution in [2.45, 2.75) is 6.42 Å². The Balaban J connectivity index is 0.000000304. The molecule has 1 aromatic rings. The van der Waals surface area contributed by atoms with E-state index in [2.05, 4.69) is 6.07 Å². The van der Waals surface area contributed by atoms with Crippen LogP contribution >= 0.6 is 0 Å². The number of hydrogen-bond acceptors (Lipinski definition) is 3. The highest BCUT2D eigenvalue weighted by Crippen LogP contribution is 1.96. The van der Waals surface area contributed by atoms with Gasteiger partial charge in [0.15, 0.2) is 0 Å². The summed E-state index contributed by atoms with van der Waals surface area (Å²) in [5, 5.41) is 23.9. The van der Waals surface area contributed by atoms with Gasteiger partial charge >= 0.3 is 11.9 Å². The number of aliphatic carboxylic acids is 2. The lowest BCUT2D eigenvalue weighted by molar-refractivity contribution is -0.134. The molecule has 0 heterocycles. The zero-order valence-corrected chi connectivity index (χ0v) is 8.91.